The molecular formula is C18H23F3N6. The van der Waals surface area contributed by atoms with Gasteiger partial charge in [-0.2, -0.15) is 18.2 Å². The number of rotatable bonds is 5. The number of hydrogen-bond donors (Lipinski definition) is 1. The van der Waals surface area contributed by atoms with Crippen molar-refractivity contribution < 1.29 is 13.2 Å². The predicted octanol–water partition coefficient (Wildman–Crippen LogP) is 3.03. The number of hydrogen-bond acceptors (Lipinski definition) is 6. The normalized spacial score (nSPS) is 18.3. The fraction of sp³-hybridized carbons (Fsp3) is 0.500. The Morgan fingerprint density at radius 2 is 2.04 bits per heavy atom. The van der Waals surface area contributed by atoms with E-state index in [2.05, 4.69) is 25.2 Å². The molecule has 146 valence electrons. The number of likely N-dealkylation sites (tertiary alicyclic amines) is 1. The molecule has 9 heteroatoms. The smallest absolute Gasteiger partial charge is 0.363 e. The molecule has 1 N–H and O–H groups in total. The molecule has 2 aromatic rings. The van der Waals surface area contributed by atoms with Crippen molar-refractivity contribution in [1.82, 2.24) is 19.9 Å². The molecule has 1 unspecified atom stereocenters. The standard InChI is InChI=1S/C18H23F3N6/c1-26(2)16-7-8-22-17(25-16)24-14-4-3-9-27(12-14)11-13-5-6-15(23-10-13)18(19,20)21/h5-8,10,14H,3-4,9,11-12H2,1-2H3,(H,22,24,25). The van der Waals surface area contributed by atoms with Crippen molar-refractivity contribution in [2.75, 3.05) is 37.4 Å². The van der Waals surface area contributed by atoms with Crippen LogP contribution in [0.3, 0.4) is 0 Å². The van der Waals surface area contributed by atoms with Crippen molar-refractivity contribution >= 4 is 11.8 Å². The lowest BCUT2D eigenvalue weighted by atomic mass is 10.1. The summed E-state index contributed by atoms with van der Waals surface area (Å²) in [5.41, 5.74) is -0.0862. The second kappa shape index (κ2) is 8.08. The molecule has 27 heavy (non-hydrogen) atoms. The second-order valence-electron chi connectivity index (χ2n) is 6.90. The molecule has 3 rings (SSSR count). The minimum absolute atomic E-state index is 0.193. The lowest BCUT2D eigenvalue weighted by Crippen LogP contribution is -2.42. The summed E-state index contributed by atoms with van der Waals surface area (Å²) in [6.45, 7) is 2.25. The van der Waals surface area contributed by atoms with Crippen LogP contribution in [0.25, 0.3) is 0 Å². The Hall–Kier alpha value is -2.42. The zero-order valence-corrected chi connectivity index (χ0v) is 15.4. The maximum absolute atomic E-state index is 12.6. The summed E-state index contributed by atoms with van der Waals surface area (Å²) in [6.07, 6.45) is 0.624. The van der Waals surface area contributed by atoms with Gasteiger partial charge in [-0.15, -0.1) is 0 Å². The molecule has 3 heterocycles. The fourth-order valence-electron chi connectivity index (χ4n) is 3.11. The van der Waals surface area contributed by atoms with Crippen LogP contribution in [0, 0.1) is 0 Å². The van der Waals surface area contributed by atoms with Gasteiger partial charge in [0.05, 0.1) is 0 Å². The van der Waals surface area contributed by atoms with Gasteiger partial charge in [-0.1, -0.05) is 6.07 Å². The van der Waals surface area contributed by atoms with E-state index in [4.69, 9.17) is 0 Å². The zero-order chi connectivity index (χ0) is 19.4. The minimum atomic E-state index is -4.40. The molecule has 0 spiro atoms. The maximum atomic E-state index is 12.6. The highest BCUT2D eigenvalue weighted by atomic mass is 19.4. The van der Waals surface area contributed by atoms with Gasteiger partial charge < -0.3 is 10.2 Å². The number of aromatic nitrogens is 3. The third-order valence-corrected chi connectivity index (χ3v) is 4.46. The van der Waals surface area contributed by atoms with Crippen LogP contribution in [0.5, 0.6) is 0 Å². The Balaban J connectivity index is 1.58. The van der Waals surface area contributed by atoms with E-state index in [1.165, 1.54) is 12.3 Å². The summed E-state index contributed by atoms with van der Waals surface area (Å²) < 4.78 is 37.9. The molecule has 2 aromatic heterocycles. The predicted molar refractivity (Wildman–Crippen MR) is 97.5 cm³/mol. The summed E-state index contributed by atoms with van der Waals surface area (Å²) >= 11 is 0. The highest BCUT2D eigenvalue weighted by molar-refractivity contribution is 5.41. The number of pyridine rings is 1. The molecule has 0 amide bonds. The van der Waals surface area contributed by atoms with E-state index in [1.807, 2.05) is 25.1 Å². The highest BCUT2D eigenvalue weighted by Crippen LogP contribution is 2.27. The number of halogens is 3. The van der Waals surface area contributed by atoms with E-state index < -0.39 is 11.9 Å². The Labute approximate surface area is 156 Å². The van der Waals surface area contributed by atoms with Gasteiger partial charge in [0.25, 0.3) is 0 Å². The Morgan fingerprint density at radius 3 is 2.70 bits per heavy atom. The molecule has 1 aliphatic rings. The lowest BCUT2D eigenvalue weighted by Gasteiger charge is -2.33. The van der Waals surface area contributed by atoms with E-state index in [0.717, 1.165) is 43.4 Å². The largest absolute Gasteiger partial charge is 0.433 e. The number of alkyl halides is 3. The van der Waals surface area contributed by atoms with E-state index in [1.54, 1.807) is 6.20 Å². The molecule has 1 atom stereocenters. The molecular weight excluding hydrogens is 357 g/mol. The number of piperidine rings is 1. The van der Waals surface area contributed by atoms with Gasteiger partial charge in [-0.05, 0) is 37.1 Å². The van der Waals surface area contributed by atoms with Gasteiger partial charge in [0.1, 0.15) is 11.5 Å². The highest BCUT2D eigenvalue weighted by Gasteiger charge is 2.32. The lowest BCUT2D eigenvalue weighted by molar-refractivity contribution is -0.141. The molecule has 0 saturated carbocycles. The van der Waals surface area contributed by atoms with Gasteiger partial charge in [0.2, 0.25) is 5.95 Å². The van der Waals surface area contributed by atoms with Gasteiger partial charge in [0, 0.05) is 45.6 Å². The summed E-state index contributed by atoms with van der Waals surface area (Å²) in [7, 11) is 3.85. The molecule has 0 aromatic carbocycles. The summed E-state index contributed by atoms with van der Waals surface area (Å²) in [5.74, 6) is 1.42. The summed E-state index contributed by atoms with van der Waals surface area (Å²) in [6, 6.07) is 4.57. The molecule has 1 fully saturated rings. The number of anilines is 2. The van der Waals surface area contributed by atoms with Crippen LogP contribution in [-0.2, 0) is 12.7 Å². The maximum Gasteiger partial charge on any atom is 0.433 e. The molecule has 6 nitrogen and oxygen atoms in total. The van der Waals surface area contributed by atoms with Crippen molar-refractivity contribution in [2.24, 2.45) is 0 Å². The van der Waals surface area contributed by atoms with Crippen LogP contribution in [0.4, 0.5) is 24.9 Å². The summed E-state index contributed by atoms with van der Waals surface area (Å²) in [5, 5.41) is 3.37. The SMILES string of the molecule is CN(C)c1ccnc(NC2CCCN(Cc3ccc(C(F)(F)F)nc3)C2)n1. The summed E-state index contributed by atoms with van der Waals surface area (Å²) in [4.78, 5) is 16.4. The Bertz CT molecular complexity index is 748. The van der Waals surface area contributed by atoms with Crippen molar-refractivity contribution in [3.8, 4) is 0 Å². The molecule has 1 aliphatic heterocycles. The third kappa shape index (κ3) is 5.29. The van der Waals surface area contributed by atoms with E-state index in [9.17, 15) is 13.2 Å². The first-order valence-electron chi connectivity index (χ1n) is 8.82. The van der Waals surface area contributed by atoms with Gasteiger partial charge in [-0.25, -0.2) is 4.98 Å². The first-order valence-corrected chi connectivity index (χ1v) is 8.82. The van der Waals surface area contributed by atoms with Gasteiger partial charge >= 0.3 is 6.18 Å². The third-order valence-electron chi connectivity index (χ3n) is 4.46. The van der Waals surface area contributed by atoms with E-state index >= 15 is 0 Å². The van der Waals surface area contributed by atoms with Crippen molar-refractivity contribution in [3.05, 3.63) is 41.9 Å². The van der Waals surface area contributed by atoms with Crippen LogP contribution >= 0.6 is 0 Å². The quantitative estimate of drug-likeness (QED) is 0.861. The van der Waals surface area contributed by atoms with E-state index in [0.29, 0.717) is 12.5 Å². The molecule has 0 radical (unpaired) electrons. The van der Waals surface area contributed by atoms with Crippen molar-refractivity contribution in [1.29, 1.82) is 0 Å². The molecule has 0 aliphatic carbocycles. The van der Waals surface area contributed by atoms with Crippen molar-refractivity contribution in [3.63, 3.8) is 0 Å². The van der Waals surface area contributed by atoms with Gasteiger partial charge in [0.15, 0.2) is 0 Å². The van der Waals surface area contributed by atoms with Crippen LogP contribution in [0.2, 0.25) is 0 Å². The first kappa shape index (κ1) is 19.3. The minimum Gasteiger partial charge on any atom is -0.363 e. The first-order chi connectivity index (χ1) is 12.8. The average molecular weight is 380 g/mol. The Kier molecular flexibility index (Phi) is 5.79. The van der Waals surface area contributed by atoms with Crippen LogP contribution < -0.4 is 10.2 Å². The van der Waals surface area contributed by atoms with E-state index in [-0.39, 0.29) is 6.04 Å². The van der Waals surface area contributed by atoms with Crippen LogP contribution in [0.15, 0.2) is 30.6 Å². The average Bonchev–Trinajstić information content (AvgIpc) is 2.62. The topological polar surface area (TPSA) is 57.2 Å². The fourth-order valence-corrected chi connectivity index (χ4v) is 3.11. The zero-order valence-electron chi connectivity index (χ0n) is 15.4. The molecule has 0 bridgehead atoms. The monoisotopic (exact) mass is 380 g/mol. The molecule has 1 saturated heterocycles. The van der Waals surface area contributed by atoms with Gasteiger partial charge in [-0.3, -0.25) is 9.88 Å². The number of nitrogens with one attached hydrogen (secondary N) is 1. The Morgan fingerprint density at radius 1 is 1.22 bits per heavy atom. The second-order valence-corrected chi connectivity index (χ2v) is 6.90. The van der Waals surface area contributed by atoms with Crippen LogP contribution in [0.1, 0.15) is 24.1 Å². The van der Waals surface area contributed by atoms with Crippen molar-refractivity contribution in [2.45, 2.75) is 31.6 Å². The van der Waals surface area contributed by atoms with Crippen LogP contribution in [-0.4, -0.2) is 53.1 Å². The number of nitrogens with zero attached hydrogens (tertiary/aromatic N) is 5.